The second kappa shape index (κ2) is 6.33. The lowest BCUT2D eigenvalue weighted by Gasteiger charge is -2.19. The van der Waals surface area contributed by atoms with Gasteiger partial charge in [-0.1, -0.05) is 25.8 Å². The lowest BCUT2D eigenvalue weighted by molar-refractivity contribution is -0.151. The Morgan fingerprint density at radius 3 is 2.47 bits per heavy atom. The Morgan fingerprint density at radius 2 is 2.00 bits per heavy atom. The molecule has 0 N–H and O–H groups in total. The largest absolute Gasteiger partial charge is 0.274 e. The average Bonchev–Trinajstić information content (AvgIpc) is 2.63. The van der Waals surface area contributed by atoms with Gasteiger partial charge in [0.05, 0.1) is 0 Å². The zero-order valence-electron chi connectivity index (χ0n) is 10.3. The molecule has 1 fully saturated rings. The molecule has 0 saturated carbocycles. The number of allylic oxidation sites excluding steroid dienone is 1. The molecular weight excluding hydrogens is 218 g/mol. The summed E-state index contributed by atoms with van der Waals surface area (Å²) in [6.07, 6.45) is 5.14. The van der Waals surface area contributed by atoms with Crippen LogP contribution in [-0.2, 0) is 14.4 Å². The zero-order chi connectivity index (χ0) is 12.8. The van der Waals surface area contributed by atoms with Crippen LogP contribution in [-0.4, -0.2) is 22.6 Å². The maximum absolute atomic E-state index is 12.1. The summed E-state index contributed by atoms with van der Waals surface area (Å²) in [5.74, 6) is -1.33. The van der Waals surface area contributed by atoms with Gasteiger partial charge in [-0.3, -0.25) is 14.4 Å². The number of hydrogen-bond donors (Lipinski definition) is 0. The minimum absolute atomic E-state index is 0.166. The summed E-state index contributed by atoms with van der Waals surface area (Å²) >= 11 is 0. The van der Waals surface area contributed by atoms with E-state index in [0.29, 0.717) is 12.8 Å². The van der Waals surface area contributed by atoms with E-state index in [4.69, 9.17) is 0 Å². The summed E-state index contributed by atoms with van der Waals surface area (Å²) in [7, 11) is 0. The molecule has 0 spiro atoms. The molecule has 0 bridgehead atoms. The van der Waals surface area contributed by atoms with Crippen molar-refractivity contribution in [1.29, 1.82) is 0 Å². The van der Waals surface area contributed by atoms with Crippen molar-refractivity contribution >= 4 is 17.7 Å². The van der Waals surface area contributed by atoms with Crippen LogP contribution >= 0.6 is 0 Å². The first-order chi connectivity index (χ1) is 8.11. The highest BCUT2D eigenvalue weighted by Gasteiger charge is 2.37. The smallest absolute Gasteiger partial charge is 0.239 e. The summed E-state index contributed by atoms with van der Waals surface area (Å²) in [6.45, 7) is 5.66. The van der Waals surface area contributed by atoms with Crippen molar-refractivity contribution in [3.05, 3.63) is 12.7 Å². The van der Waals surface area contributed by atoms with Crippen LogP contribution < -0.4 is 0 Å². The number of carbonyl (C=O) groups is 3. The van der Waals surface area contributed by atoms with Crippen molar-refractivity contribution in [2.45, 2.75) is 45.4 Å². The molecule has 0 aromatic rings. The van der Waals surface area contributed by atoms with E-state index >= 15 is 0 Å². The molecule has 1 aliphatic rings. The number of likely N-dealkylation sites (tertiary alicyclic amines) is 1. The third-order valence-corrected chi connectivity index (χ3v) is 2.98. The van der Waals surface area contributed by atoms with Crippen LogP contribution in [0.15, 0.2) is 12.7 Å². The highest BCUT2D eigenvalue weighted by molar-refractivity contribution is 6.15. The Morgan fingerprint density at radius 1 is 1.41 bits per heavy atom. The molecule has 1 rings (SSSR count). The van der Waals surface area contributed by atoms with E-state index in [1.165, 1.54) is 0 Å². The van der Waals surface area contributed by atoms with E-state index in [0.717, 1.165) is 17.7 Å². The van der Waals surface area contributed by atoms with E-state index in [9.17, 15) is 14.4 Å². The van der Waals surface area contributed by atoms with Crippen molar-refractivity contribution in [2.75, 3.05) is 0 Å². The fourth-order valence-electron chi connectivity index (χ4n) is 2.00. The van der Waals surface area contributed by atoms with Gasteiger partial charge in [0, 0.05) is 18.8 Å². The topological polar surface area (TPSA) is 54.5 Å². The number of imide groups is 3. The molecule has 0 aromatic heterocycles. The monoisotopic (exact) mass is 237 g/mol. The quantitative estimate of drug-likeness (QED) is 0.524. The van der Waals surface area contributed by atoms with Crippen LogP contribution in [0, 0.1) is 5.92 Å². The number of rotatable bonds is 6. The van der Waals surface area contributed by atoms with Gasteiger partial charge in [-0.05, 0) is 12.8 Å². The summed E-state index contributed by atoms with van der Waals surface area (Å²) in [5.41, 5.74) is 0. The first-order valence-electron chi connectivity index (χ1n) is 6.12. The molecule has 1 unspecified atom stereocenters. The van der Waals surface area contributed by atoms with Crippen LogP contribution in [0.1, 0.15) is 45.4 Å². The van der Waals surface area contributed by atoms with Crippen LogP contribution in [0.5, 0.6) is 0 Å². The minimum atomic E-state index is -0.356. The Labute approximate surface area is 102 Å². The van der Waals surface area contributed by atoms with E-state index in [1.54, 1.807) is 6.08 Å². The molecule has 0 aliphatic carbocycles. The fraction of sp³-hybridized carbons (Fsp3) is 0.615. The number of hydrogen-bond acceptors (Lipinski definition) is 3. The predicted octanol–water partition coefficient (Wildman–Crippen LogP) is 2.04. The standard InChI is InChI=1S/C13H19NO3/c1-3-5-7-10(6-4-2)13(17)14-11(15)8-9-12(14)16/h4,10H,2-3,5-9H2,1H3. The third kappa shape index (κ3) is 3.25. The number of unbranched alkanes of at least 4 members (excludes halogenated alkanes) is 1. The van der Waals surface area contributed by atoms with Gasteiger partial charge in [-0.2, -0.15) is 0 Å². The average molecular weight is 237 g/mol. The number of amides is 3. The molecule has 17 heavy (non-hydrogen) atoms. The molecule has 4 heteroatoms. The van der Waals surface area contributed by atoms with E-state index in [-0.39, 0.29) is 36.5 Å². The summed E-state index contributed by atoms with van der Waals surface area (Å²) in [4.78, 5) is 35.9. The van der Waals surface area contributed by atoms with E-state index in [2.05, 4.69) is 6.58 Å². The normalized spacial score (nSPS) is 17.4. The SMILES string of the molecule is C=CCC(CCCC)C(=O)N1C(=O)CCC1=O. The Bertz CT molecular complexity index is 320. The summed E-state index contributed by atoms with van der Waals surface area (Å²) < 4.78 is 0. The van der Waals surface area contributed by atoms with Gasteiger partial charge in [0.2, 0.25) is 17.7 Å². The van der Waals surface area contributed by atoms with Crippen molar-refractivity contribution in [3.63, 3.8) is 0 Å². The van der Waals surface area contributed by atoms with Crippen molar-refractivity contribution in [1.82, 2.24) is 4.90 Å². The second-order valence-corrected chi connectivity index (χ2v) is 4.32. The maximum Gasteiger partial charge on any atom is 0.239 e. The van der Waals surface area contributed by atoms with Gasteiger partial charge < -0.3 is 0 Å². The first kappa shape index (κ1) is 13.6. The summed E-state index contributed by atoms with van der Waals surface area (Å²) in [5, 5.41) is 0. The molecule has 0 aromatic carbocycles. The van der Waals surface area contributed by atoms with Gasteiger partial charge in [0.15, 0.2) is 0 Å². The van der Waals surface area contributed by atoms with Crippen molar-refractivity contribution in [3.8, 4) is 0 Å². The lowest BCUT2D eigenvalue weighted by atomic mass is 9.97. The highest BCUT2D eigenvalue weighted by Crippen LogP contribution is 2.21. The predicted molar refractivity (Wildman–Crippen MR) is 63.9 cm³/mol. The molecule has 0 radical (unpaired) electrons. The van der Waals surface area contributed by atoms with Gasteiger partial charge >= 0.3 is 0 Å². The molecule has 1 aliphatic heterocycles. The Hall–Kier alpha value is -1.45. The molecular formula is C13H19NO3. The molecule has 94 valence electrons. The van der Waals surface area contributed by atoms with Gasteiger partial charge in [0.25, 0.3) is 0 Å². The lowest BCUT2D eigenvalue weighted by Crippen LogP contribution is -2.39. The Kier molecular flexibility index (Phi) is 5.07. The zero-order valence-corrected chi connectivity index (χ0v) is 10.3. The first-order valence-corrected chi connectivity index (χ1v) is 6.12. The van der Waals surface area contributed by atoms with E-state index in [1.807, 2.05) is 6.92 Å². The highest BCUT2D eigenvalue weighted by atomic mass is 16.2. The Balaban J connectivity index is 2.72. The molecule has 1 atom stereocenters. The third-order valence-electron chi connectivity index (χ3n) is 2.98. The van der Waals surface area contributed by atoms with Gasteiger partial charge in [-0.25, -0.2) is 4.90 Å². The van der Waals surface area contributed by atoms with Gasteiger partial charge in [0.1, 0.15) is 0 Å². The van der Waals surface area contributed by atoms with Crippen LogP contribution in [0.3, 0.4) is 0 Å². The van der Waals surface area contributed by atoms with E-state index < -0.39 is 0 Å². The van der Waals surface area contributed by atoms with Crippen molar-refractivity contribution < 1.29 is 14.4 Å². The van der Waals surface area contributed by atoms with Crippen LogP contribution in [0.25, 0.3) is 0 Å². The fourth-order valence-corrected chi connectivity index (χ4v) is 2.00. The van der Waals surface area contributed by atoms with Crippen LogP contribution in [0.2, 0.25) is 0 Å². The van der Waals surface area contributed by atoms with Crippen LogP contribution in [0.4, 0.5) is 0 Å². The molecule has 1 saturated heterocycles. The van der Waals surface area contributed by atoms with Crippen molar-refractivity contribution in [2.24, 2.45) is 5.92 Å². The molecule has 1 heterocycles. The number of carbonyl (C=O) groups excluding carboxylic acids is 3. The number of nitrogens with zero attached hydrogens (tertiary/aromatic N) is 1. The minimum Gasteiger partial charge on any atom is -0.274 e. The second-order valence-electron chi connectivity index (χ2n) is 4.32. The molecule has 4 nitrogen and oxygen atoms in total. The summed E-state index contributed by atoms with van der Waals surface area (Å²) in [6, 6.07) is 0. The maximum atomic E-state index is 12.1. The van der Waals surface area contributed by atoms with Gasteiger partial charge in [-0.15, -0.1) is 6.58 Å². The molecule has 3 amide bonds.